The second-order valence-corrected chi connectivity index (χ2v) is 14.1. The Morgan fingerprint density at radius 1 is 1.14 bits per heavy atom. The maximum absolute atomic E-state index is 14.3. The molecule has 6 atom stereocenters. The highest BCUT2D eigenvalue weighted by molar-refractivity contribution is 6.48. The fourth-order valence-corrected chi connectivity index (χ4v) is 7.77. The van der Waals surface area contributed by atoms with Crippen molar-refractivity contribution in [2.45, 2.75) is 96.9 Å². The van der Waals surface area contributed by atoms with Crippen LogP contribution in [0.15, 0.2) is 46.3 Å². The molecule has 0 spiro atoms. The third-order valence-electron chi connectivity index (χ3n) is 10.4. The monoisotopic (exact) mass is 590 g/mol. The lowest BCUT2D eigenvalue weighted by molar-refractivity contribution is -0.199. The Kier molecular flexibility index (Phi) is 7.69. The number of nitrogens with zero attached hydrogens (tertiary/aromatic N) is 2. The molecule has 4 fully saturated rings. The molecule has 10 nitrogen and oxygen atoms in total. The molecule has 11 heteroatoms. The Morgan fingerprint density at radius 3 is 2.58 bits per heavy atom. The van der Waals surface area contributed by atoms with Crippen molar-refractivity contribution in [3.63, 3.8) is 0 Å². The highest BCUT2D eigenvalue weighted by atomic mass is 16.7. The number of oxime groups is 1. The number of aromatic nitrogens is 1. The van der Waals surface area contributed by atoms with Crippen molar-refractivity contribution in [2.75, 3.05) is 6.54 Å². The molecule has 2 amide bonds. The van der Waals surface area contributed by atoms with Gasteiger partial charge in [0.1, 0.15) is 11.8 Å². The second-order valence-electron chi connectivity index (χ2n) is 14.1. The predicted octanol–water partition coefficient (Wildman–Crippen LogP) is 4.27. The van der Waals surface area contributed by atoms with Crippen LogP contribution in [0.3, 0.4) is 0 Å². The zero-order chi connectivity index (χ0) is 30.6. The fourth-order valence-electron chi connectivity index (χ4n) is 7.77. The molecule has 2 aromatic rings. The summed E-state index contributed by atoms with van der Waals surface area (Å²) in [4.78, 5) is 32.9. The molecular formula is C32H43BN4O6. The molecule has 1 aromatic heterocycles. The average molecular weight is 591 g/mol. The zero-order valence-electron chi connectivity index (χ0n) is 26.0. The molecule has 1 unspecified atom stereocenters. The summed E-state index contributed by atoms with van der Waals surface area (Å²) >= 11 is 0. The van der Waals surface area contributed by atoms with Gasteiger partial charge in [-0.2, -0.15) is 0 Å². The first-order chi connectivity index (χ1) is 20.4. The SMILES string of the molecule is Cc1nocc1C(=O)NCC1=NOC(Cc2ccccc2)(C(=O)N[C@@H](CC(C)C)B2O[C@@H]3C[C@@H]4C[C@@H](C4(C)C)[C@]3(C)O2)C1. The van der Waals surface area contributed by atoms with E-state index in [0.29, 0.717) is 47.6 Å². The molecule has 0 radical (unpaired) electrons. The molecule has 3 saturated carbocycles. The minimum Gasteiger partial charge on any atom is -0.404 e. The van der Waals surface area contributed by atoms with Crippen molar-refractivity contribution in [1.82, 2.24) is 15.8 Å². The van der Waals surface area contributed by atoms with Gasteiger partial charge in [0.05, 0.1) is 35.6 Å². The highest BCUT2D eigenvalue weighted by Gasteiger charge is 2.68. The molecule has 2 N–H and O–H groups in total. The smallest absolute Gasteiger partial charge is 0.404 e. The van der Waals surface area contributed by atoms with E-state index < -0.39 is 12.7 Å². The van der Waals surface area contributed by atoms with Crippen molar-refractivity contribution in [3.8, 4) is 0 Å². The van der Waals surface area contributed by atoms with Gasteiger partial charge < -0.3 is 29.3 Å². The Hall–Kier alpha value is -3.18. The van der Waals surface area contributed by atoms with E-state index in [-0.39, 0.29) is 47.8 Å². The van der Waals surface area contributed by atoms with Crippen molar-refractivity contribution >= 4 is 24.6 Å². The van der Waals surface area contributed by atoms with Crippen molar-refractivity contribution < 1.29 is 28.3 Å². The Morgan fingerprint density at radius 2 is 1.91 bits per heavy atom. The normalized spacial score (nSPS) is 31.1. The molecule has 2 aliphatic heterocycles. The summed E-state index contributed by atoms with van der Waals surface area (Å²) in [6.45, 7) is 13.0. The Bertz CT molecular complexity index is 1400. The lowest BCUT2D eigenvalue weighted by Gasteiger charge is -2.64. The van der Waals surface area contributed by atoms with E-state index >= 15 is 0 Å². The summed E-state index contributed by atoms with van der Waals surface area (Å²) < 4.78 is 18.3. The number of nitrogens with one attached hydrogen (secondary N) is 2. The number of rotatable bonds is 10. The summed E-state index contributed by atoms with van der Waals surface area (Å²) in [6, 6.07) is 9.77. The van der Waals surface area contributed by atoms with Gasteiger partial charge in [0.2, 0.25) is 5.60 Å². The maximum Gasteiger partial charge on any atom is 0.481 e. The average Bonchev–Trinajstić information content (AvgIpc) is 3.68. The number of hydrogen-bond donors (Lipinski definition) is 2. The van der Waals surface area contributed by atoms with Crippen LogP contribution in [-0.2, 0) is 25.4 Å². The molecule has 7 rings (SSSR count). The van der Waals surface area contributed by atoms with Gasteiger partial charge in [-0.1, -0.05) is 68.3 Å². The van der Waals surface area contributed by atoms with E-state index in [9.17, 15) is 9.59 Å². The molecular weight excluding hydrogens is 547 g/mol. The number of benzene rings is 1. The first-order valence-corrected chi connectivity index (χ1v) is 15.5. The van der Waals surface area contributed by atoms with E-state index in [4.69, 9.17) is 18.7 Å². The van der Waals surface area contributed by atoms with Crippen molar-refractivity contribution in [2.24, 2.45) is 28.3 Å². The number of hydrogen-bond acceptors (Lipinski definition) is 8. The standard InChI is InChI=1S/C32H43BN4O6/c1-19(2)12-27(33-41-26-14-22-13-25(30(22,4)5)31(26,6)42-33)35-29(39)32(15-21-10-8-7-9-11-21)16-23(37-43-32)17-34-28(38)24-18-40-36-20(24)3/h7-11,18-19,22,25-27H,12-17H2,1-6H3,(H,34,38)(H,35,39)/t22-,25-,26+,27-,31-,32?/m0/s1. The lowest BCUT2D eigenvalue weighted by Crippen LogP contribution is -2.65. The largest absolute Gasteiger partial charge is 0.481 e. The van der Waals surface area contributed by atoms with Crippen LogP contribution < -0.4 is 10.6 Å². The van der Waals surface area contributed by atoms with Crippen LogP contribution in [0.5, 0.6) is 0 Å². The summed E-state index contributed by atoms with van der Waals surface area (Å²) in [5.74, 6) is 0.428. The molecule has 3 heterocycles. The molecule has 1 aromatic carbocycles. The highest BCUT2D eigenvalue weighted by Crippen LogP contribution is 2.65. The third kappa shape index (κ3) is 5.39. The number of aryl methyl sites for hydroxylation is 1. The summed E-state index contributed by atoms with van der Waals surface area (Å²) in [6.07, 6.45) is 4.73. The first-order valence-electron chi connectivity index (χ1n) is 15.5. The minimum atomic E-state index is -1.28. The van der Waals surface area contributed by atoms with Crippen LogP contribution in [0.2, 0.25) is 0 Å². The predicted molar refractivity (Wildman–Crippen MR) is 161 cm³/mol. The van der Waals surface area contributed by atoms with E-state index in [2.05, 4.69) is 55.6 Å². The minimum absolute atomic E-state index is 0.0226. The summed E-state index contributed by atoms with van der Waals surface area (Å²) in [5.41, 5.74) is 0.968. The molecule has 230 valence electrons. The molecule has 2 bridgehead atoms. The van der Waals surface area contributed by atoms with E-state index in [1.807, 2.05) is 30.3 Å². The van der Waals surface area contributed by atoms with Crippen LogP contribution in [0.4, 0.5) is 0 Å². The van der Waals surface area contributed by atoms with Crippen molar-refractivity contribution in [1.29, 1.82) is 0 Å². The molecule has 43 heavy (non-hydrogen) atoms. The fraction of sp³-hybridized carbons (Fsp3) is 0.625. The van der Waals surface area contributed by atoms with Crippen molar-refractivity contribution in [3.05, 3.63) is 53.4 Å². The topological polar surface area (TPSA) is 124 Å². The number of carbonyl (C=O) groups excluding carboxylic acids is 2. The zero-order valence-corrected chi connectivity index (χ0v) is 26.0. The van der Waals surface area contributed by atoms with Gasteiger partial charge in [-0.25, -0.2) is 0 Å². The number of amides is 2. The summed E-state index contributed by atoms with van der Waals surface area (Å²) in [7, 11) is -0.543. The van der Waals surface area contributed by atoms with Gasteiger partial charge in [-0.3, -0.25) is 9.59 Å². The second kappa shape index (κ2) is 11.1. The van der Waals surface area contributed by atoms with Crippen LogP contribution in [0.25, 0.3) is 0 Å². The van der Waals surface area contributed by atoms with Gasteiger partial charge in [-0.05, 0) is 61.8 Å². The Balaban J connectivity index is 1.18. The van der Waals surface area contributed by atoms with E-state index in [1.165, 1.54) is 12.7 Å². The molecule has 1 saturated heterocycles. The van der Waals surface area contributed by atoms with Gasteiger partial charge in [0, 0.05) is 12.8 Å². The molecule has 5 aliphatic rings. The Labute approximate surface area is 253 Å². The maximum atomic E-state index is 14.3. The third-order valence-corrected chi connectivity index (χ3v) is 10.4. The summed E-state index contributed by atoms with van der Waals surface area (Å²) in [5, 5.41) is 14.2. The van der Waals surface area contributed by atoms with E-state index in [1.54, 1.807) is 6.92 Å². The van der Waals surface area contributed by atoms with Gasteiger partial charge >= 0.3 is 7.12 Å². The van der Waals surface area contributed by atoms with Crippen LogP contribution >= 0.6 is 0 Å². The quantitative estimate of drug-likeness (QED) is 0.396. The first kappa shape index (κ1) is 29.9. The van der Waals surface area contributed by atoms with Crippen LogP contribution in [0.1, 0.15) is 81.9 Å². The van der Waals surface area contributed by atoms with Gasteiger partial charge in [0.15, 0.2) is 0 Å². The van der Waals surface area contributed by atoms with Gasteiger partial charge in [-0.15, -0.1) is 0 Å². The van der Waals surface area contributed by atoms with Crippen LogP contribution in [-0.4, -0.2) is 59.6 Å². The molecule has 3 aliphatic carbocycles. The van der Waals surface area contributed by atoms with Crippen LogP contribution in [0, 0.1) is 30.1 Å². The van der Waals surface area contributed by atoms with Gasteiger partial charge in [0.25, 0.3) is 11.8 Å². The number of carbonyl (C=O) groups is 2. The van der Waals surface area contributed by atoms with E-state index in [0.717, 1.165) is 12.0 Å². The lowest BCUT2D eigenvalue weighted by atomic mass is 9.43.